The number of nitrogens with zero attached hydrogens (tertiary/aromatic N) is 5. The van der Waals surface area contributed by atoms with Crippen molar-refractivity contribution in [2.24, 2.45) is 0 Å². The van der Waals surface area contributed by atoms with E-state index >= 15 is 4.39 Å². The van der Waals surface area contributed by atoms with Crippen LogP contribution < -0.4 is 14.4 Å². The number of alkyl halides is 1. The molecule has 0 aromatic carbocycles. The van der Waals surface area contributed by atoms with Crippen molar-refractivity contribution in [1.29, 1.82) is 0 Å². The number of halogens is 3. The molecular weight excluding hydrogens is 440 g/mol. The standard InChI is InChI=1S/C22H26ClF2N5O2/c23-18-16(25)17-15-19(30-8-2-1-4-14(30)5-9-31-20(15)27-18)28-21(26-17)32-12-22-6-3-7-29(22)11-13(24)10-22/h13-14H,1-12H2/t13-,14?,22+/m1/s1. The summed E-state index contributed by atoms with van der Waals surface area (Å²) in [6.07, 6.45) is 5.53. The molecule has 0 amide bonds. The molecule has 3 saturated heterocycles. The van der Waals surface area contributed by atoms with Gasteiger partial charge in [-0.25, -0.2) is 8.78 Å². The zero-order valence-corrected chi connectivity index (χ0v) is 18.6. The molecule has 10 heteroatoms. The number of fused-ring (bicyclic) bond motifs is 3. The van der Waals surface area contributed by atoms with Crippen molar-refractivity contribution in [3.8, 4) is 11.9 Å². The van der Waals surface area contributed by atoms with E-state index in [1.54, 1.807) is 0 Å². The Morgan fingerprint density at radius 2 is 2.06 bits per heavy atom. The van der Waals surface area contributed by atoms with E-state index in [2.05, 4.69) is 19.8 Å². The van der Waals surface area contributed by atoms with Gasteiger partial charge in [-0.05, 0) is 38.6 Å². The van der Waals surface area contributed by atoms with Crippen LogP contribution >= 0.6 is 11.6 Å². The van der Waals surface area contributed by atoms with E-state index in [4.69, 9.17) is 26.1 Å². The lowest BCUT2D eigenvalue weighted by atomic mass is 9.95. The number of pyridine rings is 1. The van der Waals surface area contributed by atoms with Crippen LogP contribution in [0.3, 0.4) is 0 Å². The summed E-state index contributed by atoms with van der Waals surface area (Å²) >= 11 is 6.07. The first-order chi connectivity index (χ1) is 15.5. The first kappa shape index (κ1) is 20.6. The summed E-state index contributed by atoms with van der Waals surface area (Å²) in [5.41, 5.74) is -0.276. The fourth-order valence-corrected chi connectivity index (χ4v) is 6.14. The monoisotopic (exact) mass is 465 g/mol. The van der Waals surface area contributed by atoms with Gasteiger partial charge in [0.15, 0.2) is 11.0 Å². The summed E-state index contributed by atoms with van der Waals surface area (Å²) in [4.78, 5) is 17.6. The molecule has 0 radical (unpaired) electrons. The van der Waals surface area contributed by atoms with Crippen LogP contribution in [0, 0.1) is 5.82 Å². The number of anilines is 1. The van der Waals surface area contributed by atoms with Crippen LogP contribution in [0.1, 0.15) is 44.9 Å². The second-order valence-electron chi connectivity index (χ2n) is 9.42. The molecule has 2 aromatic heterocycles. The smallest absolute Gasteiger partial charge is 0.319 e. The summed E-state index contributed by atoms with van der Waals surface area (Å²) in [7, 11) is 0. The van der Waals surface area contributed by atoms with Crippen LogP contribution in [-0.4, -0.2) is 70.5 Å². The Labute approximate surface area is 190 Å². The van der Waals surface area contributed by atoms with Gasteiger partial charge in [0.05, 0.1) is 12.1 Å². The highest BCUT2D eigenvalue weighted by Crippen LogP contribution is 2.42. The van der Waals surface area contributed by atoms with E-state index < -0.39 is 12.0 Å². The van der Waals surface area contributed by atoms with E-state index in [0.717, 1.165) is 51.6 Å². The lowest BCUT2D eigenvalue weighted by Crippen LogP contribution is -2.44. The first-order valence-electron chi connectivity index (χ1n) is 11.5. The van der Waals surface area contributed by atoms with Gasteiger partial charge < -0.3 is 14.4 Å². The van der Waals surface area contributed by atoms with Crippen LogP contribution in [0.4, 0.5) is 14.6 Å². The first-order valence-corrected chi connectivity index (χ1v) is 11.9. The maximum absolute atomic E-state index is 15.1. The maximum Gasteiger partial charge on any atom is 0.319 e. The minimum Gasteiger partial charge on any atom is -0.477 e. The predicted octanol–water partition coefficient (Wildman–Crippen LogP) is 3.91. The molecule has 2 aromatic rings. The van der Waals surface area contributed by atoms with Crippen molar-refractivity contribution in [1.82, 2.24) is 19.9 Å². The number of rotatable bonds is 3. The Kier molecular flexibility index (Phi) is 5.02. The third-order valence-corrected chi connectivity index (χ3v) is 7.74. The van der Waals surface area contributed by atoms with E-state index in [9.17, 15) is 4.39 Å². The molecular formula is C22H26ClF2N5O2. The molecule has 0 saturated carbocycles. The van der Waals surface area contributed by atoms with Crippen LogP contribution in [0.5, 0.6) is 11.9 Å². The van der Waals surface area contributed by atoms with Gasteiger partial charge in [0.2, 0.25) is 5.88 Å². The molecule has 1 unspecified atom stereocenters. The Morgan fingerprint density at radius 3 is 2.97 bits per heavy atom. The molecule has 172 valence electrons. The van der Waals surface area contributed by atoms with Gasteiger partial charge in [0.25, 0.3) is 0 Å². The zero-order chi connectivity index (χ0) is 21.9. The van der Waals surface area contributed by atoms with Gasteiger partial charge in [0, 0.05) is 32.0 Å². The van der Waals surface area contributed by atoms with Gasteiger partial charge >= 0.3 is 6.01 Å². The molecule has 0 aliphatic carbocycles. The third-order valence-electron chi connectivity index (χ3n) is 7.49. The molecule has 4 aliphatic heterocycles. The SMILES string of the molecule is Fc1c(Cl)nc2c3c(nc(OC[C@@]45CCCN4C[C@H](F)C5)nc13)N1CCCCC1CCO2. The number of piperidine rings is 1. The predicted molar refractivity (Wildman–Crippen MR) is 116 cm³/mol. The van der Waals surface area contributed by atoms with Gasteiger partial charge in [-0.15, -0.1) is 0 Å². The average Bonchev–Trinajstić information content (AvgIpc) is 3.30. The van der Waals surface area contributed by atoms with Crippen LogP contribution in [-0.2, 0) is 0 Å². The fourth-order valence-electron chi connectivity index (χ4n) is 5.97. The van der Waals surface area contributed by atoms with Gasteiger partial charge in [-0.1, -0.05) is 11.6 Å². The molecule has 4 aliphatic rings. The second kappa shape index (κ2) is 7.80. The van der Waals surface area contributed by atoms with E-state index in [0.29, 0.717) is 30.8 Å². The minimum atomic E-state index is -0.846. The van der Waals surface area contributed by atoms with E-state index in [-0.39, 0.29) is 40.7 Å². The summed E-state index contributed by atoms with van der Waals surface area (Å²) in [5, 5.41) is 0.159. The molecule has 6 rings (SSSR count). The molecule has 3 atom stereocenters. The minimum absolute atomic E-state index is 0.0572. The van der Waals surface area contributed by atoms with Crippen molar-refractivity contribution in [3.63, 3.8) is 0 Å². The molecule has 6 heterocycles. The third kappa shape index (κ3) is 3.27. The molecule has 3 fully saturated rings. The number of hydrogen-bond acceptors (Lipinski definition) is 7. The van der Waals surface area contributed by atoms with Crippen LogP contribution in [0.25, 0.3) is 10.9 Å². The Hall–Kier alpha value is -2.00. The van der Waals surface area contributed by atoms with Gasteiger partial charge in [-0.3, -0.25) is 4.90 Å². The zero-order valence-electron chi connectivity index (χ0n) is 17.8. The lowest BCUT2D eigenvalue weighted by Gasteiger charge is -2.38. The quantitative estimate of drug-likeness (QED) is 0.637. The van der Waals surface area contributed by atoms with Crippen molar-refractivity contribution in [2.45, 2.75) is 62.7 Å². The van der Waals surface area contributed by atoms with Crippen molar-refractivity contribution < 1.29 is 18.3 Å². The fraction of sp³-hybridized carbons (Fsp3) is 0.682. The Morgan fingerprint density at radius 1 is 1.16 bits per heavy atom. The number of aromatic nitrogens is 3. The normalized spacial score (nSPS) is 29.9. The Balaban J connectivity index is 1.43. The van der Waals surface area contributed by atoms with Crippen molar-refractivity contribution in [2.75, 3.05) is 37.7 Å². The number of hydrogen-bond donors (Lipinski definition) is 0. The number of ether oxygens (including phenoxy) is 2. The molecule has 0 spiro atoms. The molecule has 32 heavy (non-hydrogen) atoms. The second-order valence-corrected chi connectivity index (χ2v) is 9.78. The van der Waals surface area contributed by atoms with Crippen molar-refractivity contribution in [3.05, 3.63) is 11.0 Å². The van der Waals surface area contributed by atoms with E-state index in [1.165, 1.54) is 0 Å². The summed E-state index contributed by atoms with van der Waals surface area (Å²) in [6, 6.07) is 0.348. The van der Waals surface area contributed by atoms with Crippen LogP contribution in [0.15, 0.2) is 0 Å². The largest absolute Gasteiger partial charge is 0.477 e. The van der Waals surface area contributed by atoms with Crippen LogP contribution in [0.2, 0.25) is 5.15 Å². The summed E-state index contributed by atoms with van der Waals surface area (Å²) < 4.78 is 41.2. The summed E-state index contributed by atoms with van der Waals surface area (Å²) in [5.74, 6) is 0.138. The topological polar surface area (TPSA) is 63.6 Å². The maximum atomic E-state index is 15.1. The highest BCUT2D eigenvalue weighted by molar-refractivity contribution is 6.30. The average molecular weight is 466 g/mol. The van der Waals surface area contributed by atoms with Gasteiger partial charge in [-0.2, -0.15) is 15.0 Å². The van der Waals surface area contributed by atoms with Gasteiger partial charge in [0.1, 0.15) is 29.5 Å². The highest BCUT2D eigenvalue weighted by Gasteiger charge is 2.49. The van der Waals surface area contributed by atoms with Crippen molar-refractivity contribution >= 4 is 28.3 Å². The molecule has 0 N–H and O–H groups in total. The lowest BCUT2D eigenvalue weighted by molar-refractivity contribution is 0.107. The molecule has 7 nitrogen and oxygen atoms in total. The summed E-state index contributed by atoms with van der Waals surface area (Å²) in [6.45, 7) is 2.90. The highest BCUT2D eigenvalue weighted by atomic mass is 35.5. The van der Waals surface area contributed by atoms with E-state index in [1.807, 2.05) is 0 Å². The Bertz CT molecular complexity index is 1060. The molecule has 0 bridgehead atoms.